The molecule has 1 atom stereocenters. The molecule has 0 radical (unpaired) electrons. The highest BCUT2D eigenvalue weighted by molar-refractivity contribution is 6.74. The zero-order chi connectivity index (χ0) is 13.3. The minimum absolute atomic E-state index is 0.00921. The normalized spacial score (nSPS) is 22.4. The van der Waals surface area contributed by atoms with Gasteiger partial charge in [0.2, 0.25) is 5.91 Å². The van der Waals surface area contributed by atoms with E-state index in [4.69, 9.17) is 9.53 Å². The molecule has 0 bridgehead atoms. The number of carbonyl (C=O) groups is 1. The van der Waals surface area contributed by atoms with Crippen LogP contribution in [0.3, 0.4) is 0 Å². The molecule has 1 rings (SSSR count). The summed E-state index contributed by atoms with van der Waals surface area (Å²) in [4.78, 5) is 13.4. The van der Waals surface area contributed by atoms with Gasteiger partial charge in [-0.2, -0.15) is 0 Å². The van der Waals surface area contributed by atoms with Crippen LogP contribution in [0.2, 0.25) is 18.1 Å². The van der Waals surface area contributed by atoms with Crippen molar-refractivity contribution in [3.05, 3.63) is 0 Å². The number of likely N-dealkylation sites (tertiary alicyclic amines) is 1. The first-order chi connectivity index (χ1) is 7.67. The molecular weight excluding hydrogens is 234 g/mol. The van der Waals surface area contributed by atoms with Crippen LogP contribution in [0.1, 0.15) is 27.2 Å². The van der Waals surface area contributed by atoms with Gasteiger partial charge in [0.25, 0.3) is 0 Å². The Morgan fingerprint density at radius 1 is 1.47 bits per heavy atom. The second kappa shape index (κ2) is 5.08. The molecule has 5 heteroatoms. The molecule has 1 aliphatic heterocycles. The van der Waals surface area contributed by atoms with Gasteiger partial charge in [0, 0.05) is 13.1 Å². The average Bonchev–Trinajstić information content (AvgIpc) is 2.44. The number of hydrogen-bond donors (Lipinski definition) is 1. The molecule has 0 aromatic carbocycles. The van der Waals surface area contributed by atoms with E-state index in [0.717, 1.165) is 0 Å². The first-order valence-electron chi connectivity index (χ1n) is 6.24. The van der Waals surface area contributed by atoms with Crippen LogP contribution >= 0.6 is 0 Å². The summed E-state index contributed by atoms with van der Waals surface area (Å²) in [6, 6.07) is 0. The zero-order valence-electron chi connectivity index (χ0n) is 11.6. The van der Waals surface area contributed by atoms with Crippen LogP contribution in [-0.2, 0) is 9.22 Å². The molecule has 1 N–H and O–H groups in total. The fraction of sp³-hybridized carbons (Fsp3) is 0.917. The van der Waals surface area contributed by atoms with E-state index >= 15 is 0 Å². The highest BCUT2D eigenvalue weighted by Gasteiger charge is 2.41. The first-order valence-corrected chi connectivity index (χ1v) is 9.14. The molecular formula is C12H25NO3Si. The molecule has 1 heterocycles. The lowest BCUT2D eigenvalue weighted by Crippen LogP contribution is -2.44. The minimum atomic E-state index is -1.79. The lowest BCUT2D eigenvalue weighted by molar-refractivity contribution is -0.128. The third-order valence-electron chi connectivity index (χ3n) is 3.82. The van der Waals surface area contributed by atoms with E-state index in [1.54, 1.807) is 4.90 Å². The quantitative estimate of drug-likeness (QED) is 0.780. The average molecular weight is 259 g/mol. The molecule has 0 saturated carbocycles. The van der Waals surface area contributed by atoms with E-state index in [1.165, 1.54) is 0 Å². The Morgan fingerprint density at radius 3 is 2.53 bits per heavy atom. The van der Waals surface area contributed by atoms with Crippen LogP contribution in [0, 0.1) is 0 Å². The van der Waals surface area contributed by atoms with Crippen LogP contribution in [0.5, 0.6) is 0 Å². The van der Waals surface area contributed by atoms with Crippen molar-refractivity contribution in [1.29, 1.82) is 0 Å². The monoisotopic (exact) mass is 259 g/mol. The van der Waals surface area contributed by atoms with E-state index in [0.29, 0.717) is 19.5 Å². The highest BCUT2D eigenvalue weighted by atomic mass is 28.4. The first kappa shape index (κ1) is 14.7. The lowest BCUT2D eigenvalue weighted by Gasteiger charge is -2.38. The van der Waals surface area contributed by atoms with Crippen molar-refractivity contribution in [2.24, 2.45) is 0 Å². The van der Waals surface area contributed by atoms with Gasteiger partial charge >= 0.3 is 0 Å². The van der Waals surface area contributed by atoms with Crippen molar-refractivity contribution in [3.63, 3.8) is 0 Å². The summed E-state index contributed by atoms with van der Waals surface area (Å²) in [6.45, 7) is 12.1. The largest absolute Gasteiger partial charge is 0.412 e. The maximum Gasteiger partial charge on any atom is 0.225 e. The van der Waals surface area contributed by atoms with Crippen LogP contribution in [0.4, 0.5) is 0 Å². The molecule has 100 valence electrons. The third-order valence-corrected chi connectivity index (χ3v) is 8.35. The number of carbonyl (C=O) groups excluding carboxylic acids is 1. The molecule has 0 unspecified atom stereocenters. The summed E-state index contributed by atoms with van der Waals surface area (Å²) in [5.41, 5.74) is 0. The topological polar surface area (TPSA) is 49.8 Å². The Bertz CT molecular complexity index is 286. The molecule has 0 aromatic rings. The number of aliphatic hydroxyl groups excluding tert-OH is 1. The van der Waals surface area contributed by atoms with E-state index < -0.39 is 8.32 Å². The van der Waals surface area contributed by atoms with Crippen molar-refractivity contribution in [2.45, 2.75) is 51.4 Å². The predicted molar refractivity (Wildman–Crippen MR) is 70.4 cm³/mol. The summed E-state index contributed by atoms with van der Waals surface area (Å²) in [6.07, 6.45) is 0.474. The van der Waals surface area contributed by atoms with Crippen LogP contribution in [0.15, 0.2) is 0 Å². The molecule has 1 saturated heterocycles. The Morgan fingerprint density at radius 2 is 2.06 bits per heavy atom. The van der Waals surface area contributed by atoms with Crippen molar-refractivity contribution < 1.29 is 14.3 Å². The summed E-state index contributed by atoms with van der Waals surface area (Å²) >= 11 is 0. The number of amides is 1. The van der Waals surface area contributed by atoms with Gasteiger partial charge in [0.1, 0.15) is 0 Å². The summed E-state index contributed by atoms with van der Waals surface area (Å²) in [5, 5.41) is 9.03. The Hall–Kier alpha value is -0.393. The molecule has 1 amide bonds. The van der Waals surface area contributed by atoms with Gasteiger partial charge in [0.15, 0.2) is 8.32 Å². The highest BCUT2D eigenvalue weighted by Crippen LogP contribution is 2.38. The Balaban J connectivity index is 2.58. The number of nitrogens with zero attached hydrogens (tertiary/aromatic N) is 1. The van der Waals surface area contributed by atoms with Gasteiger partial charge in [-0.1, -0.05) is 20.8 Å². The summed E-state index contributed by atoms with van der Waals surface area (Å²) in [7, 11) is -1.79. The number of rotatable bonds is 4. The minimum Gasteiger partial charge on any atom is -0.412 e. The third kappa shape index (κ3) is 3.53. The zero-order valence-corrected chi connectivity index (χ0v) is 12.6. The Kier molecular flexibility index (Phi) is 4.38. The summed E-state index contributed by atoms with van der Waals surface area (Å²) in [5.74, 6) is 0.0998. The van der Waals surface area contributed by atoms with Crippen molar-refractivity contribution in [3.8, 4) is 0 Å². The SMILES string of the molecule is CC(C)(C)[Si](C)(C)O[C@@H]1CC(=O)N(CCO)C1. The van der Waals surface area contributed by atoms with Gasteiger partial charge in [-0.15, -0.1) is 0 Å². The number of aliphatic hydroxyl groups is 1. The second-order valence-corrected chi connectivity index (χ2v) is 11.0. The smallest absolute Gasteiger partial charge is 0.225 e. The van der Waals surface area contributed by atoms with Gasteiger partial charge < -0.3 is 14.4 Å². The molecule has 0 aromatic heterocycles. The van der Waals surface area contributed by atoms with Crippen molar-refractivity contribution in [2.75, 3.05) is 19.7 Å². The van der Waals surface area contributed by atoms with E-state index in [-0.39, 0.29) is 23.7 Å². The lowest BCUT2D eigenvalue weighted by atomic mass is 10.2. The van der Waals surface area contributed by atoms with Gasteiger partial charge in [-0.25, -0.2) is 0 Å². The molecule has 4 nitrogen and oxygen atoms in total. The van der Waals surface area contributed by atoms with E-state index in [9.17, 15) is 4.79 Å². The van der Waals surface area contributed by atoms with Gasteiger partial charge in [-0.05, 0) is 18.1 Å². The van der Waals surface area contributed by atoms with E-state index in [2.05, 4.69) is 33.9 Å². The van der Waals surface area contributed by atoms with E-state index in [1.807, 2.05) is 0 Å². The molecule has 0 aliphatic carbocycles. The number of hydrogen-bond acceptors (Lipinski definition) is 3. The maximum absolute atomic E-state index is 11.7. The molecule has 1 aliphatic rings. The van der Waals surface area contributed by atoms with Gasteiger partial charge in [-0.3, -0.25) is 4.79 Å². The summed E-state index contributed by atoms with van der Waals surface area (Å²) < 4.78 is 6.20. The Labute approximate surface area is 105 Å². The molecule has 17 heavy (non-hydrogen) atoms. The van der Waals surface area contributed by atoms with Crippen molar-refractivity contribution >= 4 is 14.2 Å². The van der Waals surface area contributed by atoms with Crippen LogP contribution in [-0.4, -0.2) is 50.0 Å². The van der Waals surface area contributed by atoms with Crippen molar-refractivity contribution in [1.82, 2.24) is 4.90 Å². The van der Waals surface area contributed by atoms with Gasteiger partial charge in [0.05, 0.1) is 19.1 Å². The number of β-amino-alcohol motifs (C(OH)–C–C–N with tert-alkyl or cyclic N) is 1. The standard InChI is InChI=1S/C12H25NO3Si/c1-12(2,3)17(4,5)16-10-8-11(15)13(9-10)6-7-14/h10,14H,6-9H2,1-5H3/t10-/m1/s1. The predicted octanol–water partition coefficient (Wildman–Crippen LogP) is 1.60. The fourth-order valence-corrected chi connectivity index (χ4v) is 3.09. The maximum atomic E-state index is 11.7. The fourth-order valence-electron chi connectivity index (χ4n) is 1.75. The van der Waals surface area contributed by atoms with Crippen LogP contribution in [0.25, 0.3) is 0 Å². The second-order valence-electron chi connectivity index (χ2n) is 6.27. The molecule has 1 fully saturated rings. The molecule has 0 spiro atoms. The van der Waals surface area contributed by atoms with Crippen LogP contribution < -0.4 is 0 Å².